The molecule has 0 aliphatic heterocycles. The minimum atomic E-state index is 0.235. The van der Waals surface area contributed by atoms with Crippen LogP contribution in [0.4, 0.5) is 0 Å². The molecule has 0 saturated carbocycles. The summed E-state index contributed by atoms with van der Waals surface area (Å²) in [5.41, 5.74) is 4.58. The van der Waals surface area contributed by atoms with E-state index in [0.717, 1.165) is 12.8 Å². The van der Waals surface area contributed by atoms with Crippen LogP contribution in [0, 0.1) is 6.92 Å². The van der Waals surface area contributed by atoms with E-state index in [9.17, 15) is 0 Å². The van der Waals surface area contributed by atoms with Crippen LogP contribution in [0.25, 0.3) is 0 Å². The lowest BCUT2D eigenvalue weighted by molar-refractivity contribution is 0.583. The molecule has 100 valence electrons. The first-order valence-corrected chi connectivity index (χ1v) is 7.12. The van der Waals surface area contributed by atoms with E-state index in [4.69, 9.17) is 0 Å². The van der Waals surface area contributed by atoms with Crippen molar-refractivity contribution < 1.29 is 0 Å². The van der Waals surface area contributed by atoms with E-state index in [1.165, 1.54) is 16.7 Å². The van der Waals surface area contributed by atoms with Gasteiger partial charge in [0.05, 0.1) is 0 Å². The fourth-order valence-electron chi connectivity index (χ4n) is 2.36. The Bertz CT molecular complexity index is 405. The number of benzene rings is 1. The summed E-state index contributed by atoms with van der Waals surface area (Å²) >= 11 is 0. The molecule has 1 aromatic rings. The van der Waals surface area contributed by atoms with Crippen molar-refractivity contribution in [2.24, 2.45) is 0 Å². The summed E-state index contributed by atoms with van der Waals surface area (Å²) < 4.78 is 0. The Hall–Kier alpha value is -1.04. The summed E-state index contributed by atoms with van der Waals surface area (Å²) in [7, 11) is 0. The Kier molecular flexibility index (Phi) is 5.19. The molecule has 0 aromatic heterocycles. The van der Waals surface area contributed by atoms with Crippen LogP contribution in [-0.2, 0) is 5.41 Å². The van der Waals surface area contributed by atoms with Gasteiger partial charge in [-0.15, -0.1) is 0 Å². The number of allylic oxidation sites excluding steroid dienone is 2. The molecule has 0 aliphatic rings. The van der Waals surface area contributed by atoms with Crippen molar-refractivity contribution in [3.63, 3.8) is 0 Å². The summed E-state index contributed by atoms with van der Waals surface area (Å²) in [5.74, 6) is 0.606. The third-order valence-corrected chi connectivity index (χ3v) is 3.53. The average Bonchev–Trinajstić information content (AvgIpc) is 2.28. The van der Waals surface area contributed by atoms with Gasteiger partial charge < -0.3 is 0 Å². The normalized spacial score (nSPS) is 14.1. The molecule has 1 rings (SSSR count). The van der Waals surface area contributed by atoms with Gasteiger partial charge in [-0.25, -0.2) is 0 Å². The molecule has 0 heterocycles. The molecule has 1 aromatic carbocycles. The van der Waals surface area contributed by atoms with Gasteiger partial charge >= 0.3 is 0 Å². The smallest absolute Gasteiger partial charge is 0.0129 e. The molecule has 0 fully saturated rings. The van der Waals surface area contributed by atoms with Gasteiger partial charge in [0, 0.05) is 0 Å². The summed E-state index contributed by atoms with van der Waals surface area (Å²) in [5, 5.41) is 0. The van der Waals surface area contributed by atoms with E-state index in [-0.39, 0.29) is 5.41 Å². The molecule has 1 atom stereocenters. The van der Waals surface area contributed by atoms with E-state index in [0.29, 0.717) is 5.92 Å². The first-order chi connectivity index (χ1) is 8.36. The predicted molar refractivity (Wildman–Crippen MR) is 82.3 cm³/mol. The maximum atomic E-state index is 2.40. The quantitative estimate of drug-likeness (QED) is 0.591. The molecule has 0 spiro atoms. The highest BCUT2D eigenvalue weighted by atomic mass is 14.2. The third-order valence-electron chi connectivity index (χ3n) is 3.53. The highest BCUT2D eigenvalue weighted by Gasteiger charge is 2.17. The van der Waals surface area contributed by atoms with Crippen LogP contribution in [0.2, 0.25) is 0 Å². The van der Waals surface area contributed by atoms with E-state index in [2.05, 4.69) is 71.9 Å². The van der Waals surface area contributed by atoms with E-state index in [1.54, 1.807) is 0 Å². The Balaban J connectivity index is 2.94. The first-order valence-electron chi connectivity index (χ1n) is 7.12. The van der Waals surface area contributed by atoms with Crippen molar-refractivity contribution in [3.8, 4) is 0 Å². The molecule has 0 radical (unpaired) electrons. The van der Waals surface area contributed by atoms with Crippen molar-refractivity contribution in [1.29, 1.82) is 0 Å². The molecular weight excluding hydrogens is 216 g/mol. The summed E-state index contributed by atoms with van der Waals surface area (Å²) in [4.78, 5) is 0. The van der Waals surface area contributed by atoms with Gasteiger partial charge in [-0.05, 0) is 47.8 Å². The zero-order chi connectivity index (χ0) is 13.8. The van der Waals surface area contributed by atoms with Crippen molar-refractivity contribution in [2.45, 2.75) is 65.7 Å². The highest BCUT2D eigenvalue weighted by molar-refractivity contribution is 5.37. The Morgan fingerprint density at radius 3 is 2.39 bits per heavy atom. The fourth-order valence-corrected chi connectivity index (χ4v) is 2.36. The minimum absolute atomic E-state index is 0.235. The zero-order valence-electron chi connectivity index (χ0n) is 12.9. The summed E-state index contributed by atoms with van der Waals surface area (Å²) in [6, 6.07) is 6.96. The molecule has 0 amide bonds. The molecule has 0 N–H and O–H groups in total. The summed E-state index contributed by atoms with van der Waals surface area (Å²) in [6.45, 7) is 13.6. The van der Waals surface area contributed by atoms with Crippen LogP contribution in [-0.4, -0.2) is 0 Å². The van der Waals surface area contributed by atoms with Gasteiger partial charge in [-0.2, -0.15) is 0 Å². The van der Waals surface area contributed by atoms with Crippen molar-refractivity contribution in [1.82, 2.24) is 0 Å². The predicted octanol–water partition coefficient (Wildman–Crippen LogP) is 5.75. The lowest BCUT2D eigenvalue weighted by Gasteiger charge is -2.23. The molecule has 0 saturated heterocycles. The monoisotopic (exact) mass is 244 g/mol. The number of hydrogen-bond donors (Lipinski definition) is 0. The van der Waals surface area contributed by atoms with Crippen LogP contribution < -0.4 is 0 Å². The molecular formula is C18H28. The maximum Gasteiger partial charge on any atom is -0.0129 e. The van der Waals surface area contributed by atoms with Gasteiger partial charge in [-0.1, -0.05) is 65.0 Å². The molecule has 1 unspecified atom stereocenters. The largest absolute Gasteiger partial charge is 0.0888 e. The Labute approximate surface area is 113 Å². The molecule has 0 aliphatic carbocycles. The number of aryl methyl sites for hydroxylation is 1. The van der Waals surface area contributed by atoms with Crippen LogP contribution in [0.1, 0.15) is 70.1 Å². The van der Waals surface area contributed by atoms with Crippen LogP contribution >= 0.6 is 0 Å². The van der Waals surface area contributed by atoms with Gasteiger partial charge in [0.15, 0.2) is 0 Å². The second-order valence-corrected chi connectivity index (χ2v) is 6.34. The SMILES string of the molecule is CC/C=C\CC(C)c1ccc(C)c(C(C)(C)C)c1. The lowest BCUT2D eigenvalue weighted by atomic mass is 9.81. The standard InChI is InChI=1S/C18H28/c1-7-8-9-10-14(2)16-12-11-15(3)17(13-16)18(4,5)6/h8-9,11-14H,7,10H2,1-6H3/b9-8-. The molecule has 0 heteroatoms. The van der Waals surface area contributed by atoms with Crippen molar-refractivity contribution >= 4 is 0 Å². The zero-order valence-corrected chi connectivity index (χ0v) is 12.9. The first kappa shape index (κ1) is 15.0. The van der Waals surface area contributed by atoms with Gasteiger partial charge in [-0.3, -0.25) is 0 Å². The molecule has 18 heavy (non-hydrogen) atoms. The van der Waals surface area contributed by atoms with Crippen molar-refractivity contribution in [3.05, 3.63) is 47.0 Å². The van der Waals surface area contributed by atoms with E-state index >= 15 is 0 Å². The number of rotatable bonds is 4. The lowest BCUT2D eigenvalue weighted by Crippen LogP contribution is -2.13. The average molecular weight is 244 g/mol. The van der Waals surface area contributed by atoms with Crippen LogP contribution in [0.3, 0.4) is 0 Å². The third kappa shape index (κ3) is 4.01. The van der Waals surface area contributed by atoms with Gasteiger partial charge in [0.25, 0.3) is 0 Å². The Morgan fingerprint density at radius 2 is 1.83 bits per heavy atom. The van der Waals surface area contributed by atoms with Crippen molar-refractivity contribution in [2.75, 3.05) is 0 Å². The highest BCUT2D eigenvalue weighted by Crippen LogP contribution is 2.29. The van der Waals surface area contributed by atoms with Gasteiger partial charge in [0.2, 0.25) is 0 Å². The summed E-state index contributed by atoms with van der Waals surface area (Å²) in [6.07, 6.45) is 6.84. The topological polar surface area (TPSA) is 0 Å². The van der Waals surface area contributed by atoms with Crippen LogP contribution in [0.5, 0.6) is 0 Å². The second-order valence-electron chi connectivity index (χ2n) is 6.34. The van der Waals surface area contributed by atoms with Crippen LogP contribution in [0.15, 0.2) is 30.4 Å². The van der Waals surface area contributed by atoms with Gasteiger partial charge in [0.1, 0.15) is 0 Å². The maximum absolute atomic E-state index is 2.40. The fraction of sp³-hybridized carbons (Fsp3) is 0.556. The molecule has 0 nitrogen and oxygen atoms in total. The second kappa shape index (κ2) is 6.22. The minimum Gasteiger partial charge on any atom is -0.0888 e. The van der Waals surface area contributed by atoms with E-state index < -0.39 is 0 Å². The molecule has 0 bridgehead atoms. The Morgan fingerprint density at radius 1 is 1.17 bits per heavy atom. The van der Waals surface area contributed by atoms with E-state index in [1.807, 2.05) is 0 Å². The number of hydrogen-bond acceptors (Lipinski definition) is 0.